The van der Waals surface area contributed by atoms with Crippen LogP contribution in [-0.4, -0.2) is 37.7 Å². The van der Waals surface area contributed by atoms with E-state index in [9.17, 15) is 9.59 Å². The van der Waals surface area contributed by atoms with Crippen molar-refractivity contribution in [3.63, 3.8) is 0 Å². The molecular formula is C9H15NO4. The van der Waals surface area contributed by atoms with Gasteiger partial charge in [0.05, 0.1) is 7.11 Å². The molecule has 0 aromatic carbocycles. The van der Waals surface area contributed by atoms with Crippen LogP contribution in [0.15, 0.2) is 0 Å². The van der Waals surface area contributed by atoms with Crippen molar-refractivity contribution in [3.8, 4) is 0 Å². The lowest BCUT2D eigenvalue weighted by atomic mass is 10.2. The van der Waals surface area contributed by atoms with Crippen molar-refractivity contribution in [1.29, 1.82) is 0 Å². The van der Waals surface area contributed by atoms with Crippen LogP contribution in [0.3, 0.4) is 0 Å². The largest absolute Gasteiger partial charge is 0.467 e. The summed E-state index contributed by atoms with van der Waals surface area (Å²) in [6.45, 7) is 2.20. The van der Waals surface area contributed by atoms with Gasteiger partial charge >= 0.3 is 5.97 Å². The van der Waals surface area contributed by atoms with Crippen molar-refractivity contribution in [1.82, 2.24) is 5.32 Å². The average molecular weight is 201 g/mol. The molecule has 0 aliphatic carbocycles. The second kappa shape index (κ2) is 4.95. The summed E-state index contributed by atoms with van der Waals surface area (Å²) in [4.78, 5) is 22.4. The summed E-state index contributed by atoms with van der Waals surface area (Å²) in [7, 11) is 1.29. The van der Waals surface area contributed by atoms with Gasteiger partial charge in [-0.1, -0.05) is 0 Å². The molecule has 5 nitrogen and oxygen atoms in total. The Morgan fingerprint density at radius 2 is 2.29 bits per heavy atom. The third-order valence-electron chi connectivity index (χ3n) is 2.14. The standard InChI is InChI=1S/C9H15NO4/c1-6(9(12)13-2)10-8(11)7-4-3-5-14-7/h6-7H,3-5H2,1-2H3,(H,10,11)/t6?,7-/m1/s1. The zero-order valence-electron chi connectivity index (χ0n) is 8.41. The molecule has 1 heterocycles. The summed E-state index contributed by atoms with van der Waals surface area (Å²) in [6, 6.07) is -0.614. The Hall–Kier alpha value is -1.10. The molecule has 1 amide bonds. The first-order valence-corrected chi connectivity index (χ1v) is 4.65. The summed E-state index contributed by atoms with van der Waals surface area (Å²) >= 11 is 0. The Morgan fingerprint density at radius 3 is 2.79 bits per heavy atom. The zero-order valence-corrected chi connectivity index (χ0v) is 8.41. The Kier molecular flexibility index (Phi) is 3.88. The first-order valence-electron chi connectivity index (χ1n) is 4.65. The van der Waals surface area contributed by atoms with Crippen LogP contribution < -0.4 is 5.32 Å². The van der Waals surface area contributed by atoms with E-state index in [0.29, 0.717) is 6.61 Å². The number of rotatable bonds is 3. The predicted molar refractivity (Wildman–Crippen MR) is 48.6 cm³/mol. The third kappa shape index (κ3) is 2.70. The van der Waals surface area contributed by atoms with E-state index in [4.69, 9.17) is 4.74 Å². The highest BCUT2D eigenvalue weighted by atomic mass is 16.5. The topological polar surface area (TPSA) is 64.6 Å². The Morgan fingerprint density at radius 1 is 1.57 bits per heavy atom. The van der Waals surface area contributed by atoms with Crippen LogP contribution in [0.1, 0.15) is 19.8 Å². The molecule has 0 aromatic rings. The van der Waals surface area contributed by atoms with E-state index in [-0.39, 0.29) is 5.91 Å². The molecule has 0 aromatic heterocycles. The molecule has 5 heteroatoms. The van der Waals surface area contributed by atoms with Crippen molar-refractivity contribution in [2.75, 3.05) is 13.7 Å². The molecule has 1 rings (SSSR count). The number of carbonyl (C=O) groups is 2. The van der Waals surface area contributed by atoms with Gasteiger partial charge in [0.15, 0.2) is 0 Å². The van der Waals surface area contributed by atoms with E-state index in [0.717, 1.165) is 12.8 Å². The second-order valence-electron chi connectivity index (χ2n) is 3.26. The third-order valence-corrected chi connectivity index (χ3v) is 2.14. The maximum atomic E-state index is 11.4. The maximum Gasteiger partial charge on any atom is 0.328 e. The van der Waals surface area contributed by atoms with Crippen molar-refractivity contribution < 1.29 is 19.1 Å². The van der Waals surface area contributed by atoms with E-state index in [1.54, 1.807) is 6.92 Å². The lowest BCUT2D eigenvalue weighted by molar-refractivity contribution is -0.145. The van der Waals surface area contributed by atoms with Crippen molar-refractivity contribution in [2.24, 2.45) is 0 Å². The summed E-state index contributed by atoms with van der Waals surface area (Å²) in [5.74, 6) is -0.684. The van der Waals surface area contributed by atoms with E-state index >= 15 is 0 Å². The monoisotopic (exact) mass is 201 g/mol. The van der Waals surface area contributed by atoms with E-state index in [2.05, 4.69) is 10.1 Å². The summed E-state index contributed by atoms with van der Waals surface area (Å²) in [5, 5.41) is 2.53. The van der Waals surface area contributed by atoms with E-state index < -0.39 is 18.1 Å². The zero-order chi connectivity index (χ0) is 10.6. The first-order chi connectivity index (χ1) is 6.65. The van der Waals surface area contributed by atoms with Crippen molar-refractivity contribution in [2.45, 2.75) is 31.9 Å². The lowest BCUT2D eigenvalue weighted by Gasteiger charge is -2.14. The molecule has 0 saturated carbocycles. The number of carbonyl (C=O) groups excluding carboxylic acids is 2. The lowest BCUT2D eigenvalue weighted by Crippen LogP contribution is -2.44. The van der Waals surface area contributed by atoms with Gasteiger partial charge in [-0.3, -0.25) is 4.79 Å². The number of ether oxygens (including phenoxy) is 2. The number of hydrogen-bond donors (Lipinski definition) is 1. The number of nitrogens with one attached hydrogen (secondary N) is 1. The molecule has 1 aliphatic heterocycles. The number of esters is 1. The molecule has 2 atom stereocenters. The molecule has 0 bridgehead atoms. The minimum atomic E-state index is -0.614. The fourth-order valence-corrected chi connectivity index (χ4v) is 1.33. The SMILES string of the molecule is COC(=O)C(C)NC(=O)[C@H]1CCCO1. The Balaban J connectivity index is 2.35. The smallest absolute Gasteiger partial charge is 0.328 e. The Bertz CT molecular complexity index is 223. The van der Waals surface area contributed by atoms with Gasteiger partial charge in [0.1, 0.15) is 12.1 Å². The molecule has 0 radical (unpaired) electrons. The van der Waals surface area contributed by atoms with Gasteiger partial charge < -0.3 is 14.8 Å². The predicted octanol–water partition coefficient (Wildman–Crippen LogP) is -0.157. The fraction of sp³-hybridized carbons (Fsp3) is 0.778. The number of amides is 1. The molecule has 14 heavy (non-hydrogen) atoms. The molecule has 0 spiro atoms. The fourth-order valence-electron chi connectivity index (χ4n) is 1.33. The van der Waals surface area contributed by atoms with Gasteiger partial charge in [-0.05, 0) is 19.8 Å². The molecule has 1 unspecified atom stereocenters. The highest BCUT2D eigenvalue weighted by Crippen LogP contribution is 2.11. The van der Waals surface area contributed by atoms with Crippen molar-refractivity contribution >= 4 is 11.9 Å². The van der Waals surface area contributed by atoms with Crippen LogP contribution in [0.25, 0.3) is 0 Å². The molecule has 1 saturated heterocycles. The minimum Gasteiger partial charge on any atom is -0.467 e. The molecule has 1 aliphatic rings. The van der Waals surface area contributed by atoms with E-state index in [1.165, 1.54) is 7.11 Å². The highest BCUT2D eigenvalue weighted by molar-refractivity contribution is 5.86. The van der Waals surface area contributed by atoms with Crippen LogP contribution in [0.5, 0.6) is 0 Å². The number of methoxy groups -OCH3 is 1. The van der Waals surface area contributed by atoms with Gasteiger partial charge in [-0.25, -0.2) is 4.79 Å². The van der Waals surface area contributed by atoms with Gasteiger partial charge in [-0.2, -0.15) is 0 Å². The Labute approximate surface area is 82.8 Å². The number of hydrogen-bond acceptors (Lipinski definition) is 4. The van der Waals surface area contributed by atoms with Gasteiger partial charge in [0.25, 0.3) is 0 Å². The molecule has 1 N–H and O–H groups in total. The van der Waals surface area contributed by atoms with Crippen LogP contribution in [0, 0.1) is 0 Å². The van der Waals surface area contributed by atoms with Gasteiger partial charge in [-0.15, -0.1) is 0 Å². The molecular weight excluding hydrogens is 186 g/mol. The first kappa shape index (κ1) is 11.0. The second-order valence-corrected chi connectivity index (χ2v) is 3.26. The summed E-state index contributed by atoms with van der Waals surface area (Å²) in [5.41, 5.74) is 0. The van der Waals surface area contributed by atoms with Crippen LogP contribution in [0.2, 0.25) is 0 Å². The average Bonchev–Trinajstić information content (AvgIpc) is 2.69. The highest BCUT2D eigenvalue weighted by Gasteiger charge is 2.26. The quantitative estimate of drug-likeness (QED) is 0.644. The van der Waals surface area contributed by atoms with Gasteiger partial charge in [0, 0.05) is 6.61 Å². The normalized spacial score (nSPS) is 22.9. The van der Waals surface area contributed by atoms with Crippen LogP contribution in [-0.2, 0) is 19.1 Å². The summed E-state index contributed by atoms with van der Waals surface area (Å²) in [6.07, 6.45) is 1.21. The molecule has 80 valence electrons. The van der Waals surface area contributed by atoms with Crippen LogP contribution in [0.4, 0.5) is 0 Å². The minimum absolute atomic E-state index is 0.236. The van der Waals surface area contributed by atoms with Crippen LogP contribution >= 0.6 is 0 Å². The molecule has 1 fully saturated rings. The van der Waals surface area contributed by atoms with Gasteiger partial charge in [0.2, 0.25) is 5.91 Å². The van der Waals surface area contributed by atoms with Crippen molar-refractivity contribution in [3.05, 3.63) is 0 Å². The maximum absolute atomic E-state index is 11.4. The summed E-state index contributed by atoms with van der Waals surface area (Å²) < 4.78 is 9.65. The van der Waals surface area contributed by atoms with E-state index in [1.807, 2.05) is 0 Å².